The zero-order valence-electron chi connectivity index (χ0n) is 10.3. The van der Waals surface area contributed by atoms with Crippen LogP contribution in [-0.2, 0) is 11.2 Å². The van der Waals surface area contributed by atoms with Crippen LogP contribution in [0.15, 0.2) is 54.6 Å². The van der Waals surface area contributed by atoms with Crippen LogP contribution in [0.2, 0.25) is 0 Å². The third kappa shape index (κ3) is 2.98. The largest absolute Gasteiger partial charge is 0.481 e. The molecule has 92 valence electrons. The molecule has 2 rings (SSSR count). The molecule has 0 aliphatic heterocycles. The van der Waals surface area contributed by atoms with E-state index in [2.05, 4.69) is 0 Å². The van der Waals surface area contributed by atoms with Gasteiger partial charge in [0.2, 0.25) is 0 Å². The number of carboxylic acids is 1. The molecule has 1 atom stereocenters. The van der Waals surface area contributed by atoms with Gasteiger partial charge in [-0.3, -0.25) is 4.79 Å². The lowest BCUT2D eigenvalue weighted by atomic mass is 9.91. The average molecular weight is 240 g/mol. The molecule has 0 saturated carbocycles. The zero-order chi connectivity index (χ0) is 13.0. The highest BCUT2D eigenvalue weighted by Crippen LogP contribution is 2.22. The Morgan fingerprint density at radius 2 is 1.83 bits per heavy atom. The van der Waals surface area contributed by atoms with Crippen LogP contribution in [0.25, 0.3) is 0 Å². The Morgan fingerprint density at radius 3 is 2.44 bits per heavy atom. The minimum Gasteiger partial charge on any atom is -0.481 e. The quantitative estimate of drug-likeness (QED) is 0.889. The van der Waals surface area contributed by atoms with Gasteiger partial charge >= 0.3 is 5.97 Å². The molecule has 0 aliphatic rings. The van der Waals surface area contributed by atoms with Crippen molar-refractivity contribution in [2.45, 2.75) is 19.3 Å². The van der Waals surface area contributed by atoms with Gasteiger partial charge in [-0.25, -0.2) is 0 Å². The van der Waals surface area contributed by atoms with E-state index in [4.69, 9.17) is 0 Å². The predicted octanol–water partition coefficient (Wildman–Crippen LogP) is 3.41. The van der Waals surface area contributed by atoms with Gasteiger partial charge in [-0.15, -0.1) is 0 Å². The van der Waals surface area contributed by atoms with Crippen LogP contribution in [0.4, 0.5) is 0 Å². The van der Waals surface area contributed by atoms with E-state index in [1.807, 2.05) is 61.5 Å². The molecule has 2 aromatic rings. The van der Waals surface area contributed by atoms with Gasteiger partial charge in [0.05, 0.1) is 5.92 Å². The third-order valence-corrected chi connectivity index (χ3v) is 3.03. The molecule has 1 unspecified atom stereocenters. The molecule has 0 fully saturated rings. The summed E-state index contributed by atoms with van der Waals surface area (Å²) >= 11 is 0. The van der Waals surface area contributed by atoms with Crippen molar-refractivity contribution in [2.75, 3.05) is 0 Å². The molecule has 0 spiro atoms. The Bertz CT molecular complexity index is 532. The van der Waals surface area contributed by atoms with Gasteiger partial charge in [0.1, 0.15) is 0 Å². The van der Waals surface area contributed by atoms with Crippen molar-refractivity contribution in [3.63, 3.8) is 0 Å². The molecule has 0 aromatic heterocycles. The molecule has 18 heavy (non-hydrogen) atoms. The minimum atomic E-state index is -0.774. The lowest BCUT2D eigenvalue weighted by Gasteiger charge is -2.13. The number of aliphatic carboxylic acids is 1. The molecule has 0 saturated heterocycles. The van der Waals surface area contributed by atoms with Gasteiger partial charge < -0.3 is 5.11 Å². The van der Waals surface area contributed by atoms with Crippen LogP contribution in [0.3, 0.4) is 0 Å². The van der Waals surface area contributed by atoms with Crippen LogP contribution in [-0.4, -0.2) is 11.1 Å². The van der Waals surface area contributed by atoms with Crippen molar-refractivity contribution in [1.82, 2.24) is 0 Å². The number of hydrogen-bond donors (Lipinski definition) is 1. The van der Waals surface area contributed by atoms with Crippen molar-refractivity contribution in [2.24, 2.45) is 0 Å². The van der Waals surface area contributed by atoms with Gasteiger partial charge in [-0.05, 0) is 24.5 Å². The first-order valence-electron chi connectivity index (χ1n) is 6.00. The van der Waals surface area contributed by atoms with E-state index in [-0.39, 0.29) is 0 Å². The van der Waals surface area contributed by atoms with Crippen molar-refractivity contribution in [1.29, 1.82) is 0 Å². The molecule has 0 bridgehead atoms. The Hall–Kier alpha value is -2.09. The maximum absolute atomic E-state index is 11.4. The van der Waals surface area contributed by atoms with E-state index in [0.29, 0.717) is 6.42 Å². The van der Waals surface area contributed by atoms with E-state index in [0.717, 1.165) is 16.7 Å². The first kappa shape index (κ1) is 12.4. The molecular formula is C16H16O2. The molecule has 0 amide bonds. The highest BCUT2D eigenvalue weighted by molar-refractivity contribution is 5.76. The van der Waals surface area contributed by atoms with E-state index < -0.39 is 11.9 Å². The third-order valence-electron chi connectivity index (χ3n) is 3.03. The first-order chi connectivity index (χ1) is 8.66. The average Bonchev–Trinajstić information content (AvgIpc) is 2.37. The maximum Gasteiger partial charge on any atom is 0.311 e. The summed E-state index contributed by atoms with van der Waals surface area (Å²) in [7, 11) is 0. The molecule has 2 heteroatoms. The molecule has 0 radical (unpaired) electrons. The van der Waals surface area contributed by atoms with Crippen LogP contribution in [0.1, 0.15) is 22.6 Å². The number of benzene rings is 2. The van der Waals surface area contributed by atoms with Gasteiger partial charge in [-0.2, -0.15) is 0 Å². The summed E-state index contributed by atoms with van der Waals surface area (Å²) in [5.41, 5.74) is 3.00. The van der Waals surface area contributed by atoms with Crippen LogP contribution < -0.4 is 0 Å². The van der Waals surface area contributed by atoms with Gasteiger partial charge in [0, 0.05) is 0 Å². The number of hydrogen-bond acceptors (Lipinski definition) is 1. The van der Waals surface area contributed by atoms with Crippen molar-refractivity contribution < 1.29 is 9.90 Å². The maximum atomic E-state index is 11.4. The predicted molar refractivity (Wildman–Crippen MR) is 71.7 cm³/mol. The molecule has 0 heterocycles. The fourth-order valence-corrected chi connectivity index (χ4v) is 2.08. The van der Waals surface area contributed by atoms with Crippen LogP contribution >= 0.6 is 0 Å². The molecular weight excluding hydrogens is 224 g/mol. The highest BCUT2D eigenvalue weighted by Gasteiger charge is 2.20. The van der Waals surface area contributed by atoms with Crippen molar-refractivity contribution >= 4 is 5.97 Å². The van der Waals surface area contributed by atoms with Crippen molar-refractivity contribution in [3.8, 4) is 0 Å². The second-order valence-corrected chi connectivity index (χ2v) is 4.49. The molecule has 2 aromatic carbocycles. The fourth-order valence-electron chi connectivity index (χ4n) is 2.08. The Morgan fingerprint density at radius 1 is 1.11 bits per heavy atom. The number of carbonyl (C=O) groups is 1. The lowest BCUT2D eigenvalue weighted by Crippen LogP contribution is -2.14. The van der Waals surface area contributed by atoms with Crippen molar-refractivity contribution in [3.05, 3.63) is 71.3 Å². The smallest absolute Gasteiger partial charge is 0.311 e. The number of aryl methyl sites for hydroxylation is 1. The van der Waals surface area contributed by atoms with E-state index in [1.165, 1.54) is 0 Å². The van der Waals surface area contributed by atoms with Gasteiger partial charge in [-0.1, -0.05) is 60.2 Å². The Labute approximate surface area is 107 Å². The minimum absolute atomic E-state index is 0.479. The summed E-state index contributed by atoms with van der Waals surface area (Å²) in [6.07, 6.45) is 0.527. The zero-order valence-corrected chi connectivity index (χ0v) is 10.3. The molecule has 1 N–H and O–H groups in total. The molecule has 0 aliphatic carbocycles. The number of rotatable bonds is 4. The second-order valence-electron chi connectivity index (χ2n) is 4.49. The summed E-state index contributed by atoms with van der Waals surface area (Å²) < 4.78 is 0. The van der Waals surface area contributed by atoms with Gasteiger partial charge in [0.15, 0.2) is 0 Å². The summed E-state index contributed by atoms with van der Waals surface area (Å²) in [6.45, 7) is 1.98. The molecule has 2 nitrogen and oxygen atoms in total. The van der Waals surface area contributed by atoms with Crippen LogP contribution in [0.5, 0.6) is 0 Å². The highest BCUT2D eigenvalue weighted by atomic mass is 16.4. The summed E-state index contributed by atoms with van der Waals surface area (Å²) in [5, 5.41) is 9.38. The summed E-state index contributed by atoms with van der Waals surface area (Å²) in [4.78, 5) is 11.4. The van der Waals surface area contributed by atoms with E-state index in [9.17, 15) is 9.90 Å². The summed E-state index contributed by atoms with van der Waals surface area (Å²) in [6, 6.07) is 17.4. The second kappa shape index (κ2) is 5.50. The van der Waals surface area contributed by atoms with Gasteiger partial charge in [0.25, 0.3) is 0 Å². The first-order valence-corrected chi connectivity index (χ1v) is 6.00. The normalized spacial score (nSPS) is 12.1. The van der Waals surface area contributed by atoms with E-state index in [1.54, 1.807) is 0 Å². The lowest BCUT2D eigenvalue weighted by molar-refractivity contribution is -0.138. The Balaban J connectivity index is 2.27. The standard InChI is InChI=1S/C16H16O2/c1-12-6-5-9-14(10-12)15(16(17)18)11-13-7-3-2-4-8-13/h2-10,15H,11H2,1H3,(H,17,18). The van der Waals surface area contributed by atoms with Crippen LogP contribution in [0, 0.1) is 6.92 Å². The monoisotopic (exact) mass is 240 g/mol. The number of carboxylic acid groups (broad SMARTS) is 1. The Kier molecular flexibility index (Phi) is 3.78. The van der Waals surface area contributed by atoms with E-state index >= 15 is 0 Å². The SMILES string of the molecule is Cc1cccc(C(Cc2ccccc2)C(=O)O)c1. The topological polar surface area (TPSA) is 37.3 Å². The summed E-state index contributed by atoms with van der Waals surface area (Å²) in [5.74, 6) is -1.25. The fraction of sp³-hybridized carbons (Fsp3) is 0.188.